The molecule has 3 heteroatoms. The number of hydrogen-bond donors (Lipinski definition) is 2. The summed E-state index contributed by atoms with van der Waals surface area (Å²) in [6.45, 7) is 1.74. The SMILES string of the molecule is O=C1NCCNC1CCC12CC3CC(CC(C3)C1)C2. The molecular formula is C16H26N2O. The summed E-state index contributed by atoms with van der Waals surface area (Å²) < 4.78 is 0. The molecule has 1 saturated heterocycles. The van der Waals surface area contributed by atoms with Gasteiger partial charge in [-0.2, -0.15) is 0 Å². The van der Waals surface area contributed by atoms with E-state index in [4.69, 9.17) is 0 Å². The van der Waals surface area contributed by atoms with Crippen LogP contribution in [0.2, 0.25) is 0 Å². The van der Waals surface area contributed by atoms with Crippen LogP contribution in [-0.2, 0) is 4.79 Å². The second-order valence-electron chi connectivity index (χ2n) is 7.75. The van der Waals surface area contributed by atoms with E-state index < -0.39 is 0 Å². The molecule has 4 aliphatic carbocycles. The number of hydrogen-bond acceptors (Lipinski definition) is 2. The zero-order chi connectivity index (χ0) is 12.9. The monoisotopic (exact) mass is 262 g/mol. The number of amides is 1. The Hall–Kier alpha value is -0.570. The molecule has 19 heavy (non-hydrogen) atoms. The Kier molecular flexibility index (Phi) is 2.87. The standard InChI is InChI=1S/C16H26N2O/c19-15-14(17-3-4-18-15)1-2-16-8-11-5-12(9-16)7-13(6-11)10-16/h11-14,17H,1-10H2,(H,18,19). The molecular weight excluding hydrogens is 236 g/mol. The Bertz CT molecular complexity index is 344. The van der Waals surface area contributed by atoms with Gasteiger partial charge in [0.05, 0.1) is 6.04 Å². The minimum Gasteiger partial charge on any atom is -0.353 e. The molecule has 0 radical (unpaired) electrons. The van der Waals surface area contributed by atoms with E-state index in [1.54, 1.807) is 0 Å². The number of carbonyl (C=O) groups is 1. The lowest BCUT2D eigenvalue weighted by Crippen LogP contribution is -2.53. The highest BCUT2D eigenvalue weighted by Crippen LogP contribution is 2.61. The quantitative estimate of drug-likeness (QED) is 0.817. The lowest BCUT2D eigenvalue weighted by molar-refractivity contribution is -0.125. The average molecular weight is 262 g/mol. The van der Waals surface area contributed by atoms with E-state index in [2.05, 4.69) is 10.6 Å². The van der Waals surface area contributed by atoms with E-state index in [0.717, 1.165) is 37.3 Å². The van der Waals surface area contributed by atoms with E-state index in [-0.39, 0.29) is 11.9 Å². The molecule has 106 valence electrons. The van der Waals surface area contributed by atoms with Crippen molar-refractivity contribution in [3.63, 3.8) is 0 Å². The Morgan fingerprint density at radius 3 is 2.21 bits per heavy atom. The summed E-state index contributed by atoms with van der Waals surface area (Å²) in [5.41, 5.74) is 0.619. The predicted octanol–water partition coefficient (Wildman–Crippen LogP) is 2.07. The predicted molar refractivity (Wildman–Crippen MR) is 74.6 cm³/mol. The van der Waals surface area contributed by atoms with E-state index in [1.807, 2.05) is 0 Å². The molecule has 5 rings (SSSR count). The Balaban J connectivity index is 1.41. The zero-order valence-corrected chi connectivity index (χ0v) is 11.8. The van der Waals surface area contributed by atoms with E-state index in [0.29, 0.717) is 5.41 Å². The second kappa shape index (κ2) is 4.47. The van der Waals surface area contributed by atoms with E-state index in [9.17, 15) is 4.79 Å². The van der Waals surface area contributed by atoms with Crippen LogP contribution in [0.15, 0.2) is 0 Å². The molecule has 5 aliphatic rings. The number of carbonyl (C=O) groups excluding carboxylic acids is 1. The van der Waals surface area contributed by atoms with Gasteiger partial charge in [0.25, 0.3) is 0 Å². The first-order valence-electron chi connectivity index (χ1n) is 8.24. The van der Waals surface area contributed by atoms with Crippen molar-refractivity contribution >= 4 is 5.91 Å². The topological polar surface area (TPSA) is 41.1 Å². The zero-order valence-electron chi connectivity index (χ0n) is 11.8. The number of nitrogens with one attached hydrogen (secondary N) is 2. The van der Waals surface area contributed by atoms with Crippen LogP contribution in [0.3, 0.4) is 0 Å². The second-order valence-corrected chi connectivity index (χ2v) is 7.75. The third kappa shape index (κ3) is 2.20. The van der Waals surface area contributed by atoms with Crippen molar-refractivity contribution in [3.8, 4) is 0 Å². The summed E-state index contributed by atoms with van der Waals surface area (Å²) >= 11 is 0. The van der Waals surface area contributed by atoms with Crippen LogP contribution < -0.4 is 10.6 Å². The molecule has 1 atom stereocenters. The molecule has 0 spiro atoms. The summed E-state index contributed by atoms with van der Waals surface area (Å²) in [5, 5.41) is 6.38. The molecule has 1 aliphatic heterocycles. The molecule has 0 aromatic rings. The molecule has 3 nitrogen and oxygen atoms in total. The lowest BCUT2D eigenvalue weighted by Gasteiger charge is -2.57. The number of rotatable bonds is 3. The van der Waals surface area contributed by atoms with Crippen molar-refractivity contribution < 1.29 is 4.79 Å². The normalized spacial score (nSPS) is 48.3. The maximum absolute atomic E-state index is 11.8. The lowest BCUT2D eigenvalue weighted by atomic mass is 9.48. The third-order valence-corrected chi connectivity index (χ3v) is 6.26. The van der Waals surface area contributed by atoms with Crippen LogP contribution in [0.5, 0.6) is 0 Å². The molecule has 0 aromatic heterocycles. The van der Waals surface area contributed by atoms with Crippen molar-refractivity contribution in [1.29, 1.82) is 0 Å². The summed E-state index contributed by atoms with van der Waals surface area (Å²) in [5.74, 6) is 3.31. The Morgan fingerprint density at radius 1 is 1.00 bits per heavy atom. The molecule has 4 saturated carbocycles. The fraction of sp³-hybridized carbons (Fsp3) is 0.938. The first-order chi connectivity index (χ1) is 9.22. The van der Waals surface area contributed by atoms with Crippen LogP contribution in [-0.4, -0.2) is 25.0 Å². The van der Waals surface area contributed by atoms with Crippen molar-refractivity contribution in [1.82, 2.24) is 10.6 Å². The third-order valence-electron chi connectivity index (χ3n) is 6.26. The van der Waals surface area contributed by atoms with Gasteiger partial charge in [0.15, 0.2) is 0 Å². The van der Waals surface area contributed by atoms with Gasteiger partial charge >= 0.3 is 0 Å². The van der Waals surface area contributed by atoms with Crippen LogP contribution in [0.25, 0.3) is 0 Å². The van der Waals surface area contributed by atoms with Gasteiger partial charge < -0.3 is 10.6 Å². The summed E-state index contributed by atoms with van der Waals surface area (Å²) in [6.07, 6.45) is 11.3. The van der Waals surface area contributed by atoms with Crippen LogP contribution in [0, 0.1) is 23.2 Å². The van der Waals surface area contributed by atoms with Crippen molar-refractivity contribution in [2.75, 3.05) is 13.1 Å². The smallest absolute Gasteiger partial charge is 0.237 e. The van der Waals surface area contributed by atoms with Gasteiger partial charge in [-0.05, 0) is 74.5 Å². The van der Waals surface area contributed by atoms with Crippen molar-refractivity contribution in [2.45, 2.75) is 57.4 Å². The van der Waals surface area contributed by atoms with Gasteiger partial charge in [0, 0.05) is 13.1 Å². The molecule has 2 N–H and O–H groups in total. The Morgan fingerprint density at radius 2 is 1.63 bits per heavy atom. The van der Waals surface area contributed by atoms with Crippen LogP contribution in [0.1, 0.15) is 51.4 Å². The highest BCUT2D eigenvalue weighted by atomic mass is 16.2. The molecule has 4 bridgehead atoms. The maximum Gasteiger partial charge on any atom is 0.237 e. The summed E-state index contributed by atoms with van der Waals surface area (Å²) in [6, 6.07) is 0.0850. The van der Waals surface area contributed by atoms with Gasteiger partial charge in [-0.25, -0.2) is 0 Å². The maximum atomic E-state index is 11.8. The Labute approximate surface area is 115 Å². The van der Waals surface area contributed by atoms with Gasteiger partial charge in [0.2, 0.25) is 5.91 Å². The van der Waals surface area contributed by atoms with Gasteiger partial charge in [-0.15, -0.1) is 0 Å². The van der Waals surface area contributed by atoms with Gasteiger partial charge in [-0.1, -0.05) is 0 Å². The highest BCUT2D eigenvalue weighted by molar-refractivity contribution is 5.82. The fourth-order valence-corrected chi connectivity index (χ4v) is 5.93. The fourth-order valence-electron chi connectivity index (χ4n) is 5.93. The summed E-state index contributed by atoms with van der Waals surface area (Å²) in [4.78, 5) is 11.8. The average Bonchev–Trinajstić information content (AvgIpc) is 2.36. The molecule has 5 fully saturated rings. The van der Waals surface area contributed by atoms with Crippen LogP contribution in [0.4, 0.5) is 0 Å². The van der Waals surface area contributed by atoms with Crippen LogP contribution >= 0.6 is 0 Å². The van der Waals surface area contributed by atoms with E-state index in [1.165, 1.54) is 44.9 Å². The van der Waals surface area contributed by atoms with E-state index >= 15 is 0 Å². The molecule has 0 aromatic carbocycles. The van der Waals surface area contributed by atoms with Crippen molar-refractivity contribution in [3.05, 3.63) is 0 Å². The number of piperazine rings is 1. The van der Waals surface area contributed by atoms with Crippen molar-refractivity contribution in [2.24, 2.45) is 23.2 Å². The minimum absolute atomic E-state index is 0.0850. The molecule has 1 amide bonds. The summed E-state index contributed by atoms with van der Waals surface area (Å²) in [7, 11) is 0. The molecule has 1 unspecified atom stereocenters. The largest absolute Gasteiger partial charge is 0.353 e. The first kappa shape index (κ1) is 12.2. The highest BCUT2D eigenvalue weighted by Gasteiger charge is 2.50. The minimum atomic E-state index is 0.0850. The first-order valence-corrected chi connectivity index (χ1v) is 8.24. The van der Waals surface area contributed by atoms with Gasteiger partial charge in [0.1, 0.15) is 0 Å². The molecule has 1 heterocycles. The van der Waals surface area contributed by atoms with Gasteiger partial charge in [-0.3, -0.25) is 4.79 Å².